The minimum Gasteiger partial charge on any atom is -0.341 e. The molecule has 3 heterocycles. The summed E-state index contributed by atoms with van der Waals surface area (Å²) in [6.07, 6.45) is 5.86. The Morgan fingerprint density at radius 2 is 1.83 bits per heavy atom. The lowest BCUT2D eigenvalue weighted by Crippen LogP contribution is -2.21. The van der Waals surface area contributed by atoms with E-state index in [1.165, 1.54) is 12.8 Å². The van der Waals surface area contributed by atoms with Gasteiger partial charge < -0.3 is 4.90 Å². The summed E-state index contributed by atoms with van der Waals surface area (Å²) in [6, 6.07) is 0. The number of hydrogen-bond donors (Lipinski definition) is 0. The highest BCUT2D eigenvalue weighted by atomic mass is 35.5. The van der Waals surface area contributed by atoms with Gasteiger partial charge in [0.15, 0.2) is 0 Å². The van der Waals surface area contributed by atoms with Crippen molar-refractivity contribution in [1.29, 1.82) is 0 Å². The van der Waals surface area contributed by atoms with E-state index in [2.05, 4.69) is 24.8 Å². The molecule has 0 spiro atoms. The molecule has 0 aliphatic carbocycles. The third kappa shape index (κ3) is 2.03. The molecule has 1 aliphatic heterocycles. The Bertz CT molecular complexity index is 560. The quantitative estimate of drug-likeness (QED) is 0.825. The van der Waals surface area contributed by atoms with Gasteiger partial charge in [-0.05, 0) is 31.4 Å². The number of aryl methyl sites for hydroxylation is 1. The van der Waals surface area contributed by atoms with Gasteiger partial charge in [0, 0.05) is 25.5 Å². The fourth-order valence-corrected chi connectivity index (χ4v) is 2.24. The van der Waals surface area contributed by atoms with Crippen molar-refractivity contribution in [2.75, 3.05) is 18.0 Å². The maximum Gasteiger partial charge on any atom is 0.241 e. The van der Waals surface area contributed by atoms with E-state index < -0.39 is 0 Å². The van der Waals surface area contributed by atoms with Gasteiger partial charge in [-0.15, -0.1) is 0 Å². The van der Waals surface area contributed by atoms with E-state index in [0.29, 0.717) is 11.9 Å². The lowest BCUT2D eigenvalue weighted by atomic mass is 10.4. The van der Waals surface area contributed by atoms with Gasteiger partial charge in [-0.2, -0.15) is 15.0 Å². The molecule has 0 bridgehead atoms. The molecule has 2 aromatic rings. The zero-order valence-corrected chi connectivity index (χ0v) is 10.8. The zero-order chi connectivity index (χ0) is 12.5. The predicted octanol–water partition coefficient (Wildman–Crippen LogP) is 1.62. The number of aromatic nitrogens is 5. The monoisotopic (exact) mass is 264 g/mol. The minimum atomic E-state index is 0.218. The molecule has 2 aromatic heterocycles. The molecule has 3 rings (SSSR count). The average Bonchev–Trinajstić information content (AvgIpc) is 2.98. The summed E-state index contributed by atoms with van der Waals surface area (Å²) in [5.41, 5.74) is 0. The summed E-state index contributed by atoms with van der Waals surface area (Å²) in [7, 11) is 0. The van der Waals surface area contributed by atoms with Crippen molar-refractivity contribution in [3.63, 3.8) is 0 Å². The number of imidazole rings is 1. The molecule has 1 saturated heterocycles. The van der Waals surface area contributed by atoms with Crippen LogP contribution in [0.5, 0.6) is 0 Å². The van der Waals surface area contributed by atoms with Crippen molar-refractivity contribution < 1.29 is 0 Å². The van der Waals surface area contributed by atoms with E-state index in [9.17, 15) is 0 Å². The molecule has 0 atom stereocenters. The number of nitrogens with zero attached hydrogens (tertiary/aromatic N) is 6. The minimum absolute atomic E-state index is 0.218. The highest BCUT2D eigenvalue weighted by Gasteiger charge is 2.17. The fourth-order valence-electron chi connectivity index (χ4n) is 2.09. The van der Waals surface area contributed by atoms with Crippen LogP contribution in [0.3, 0.4) is 0 Å². The van der Waals surface area contributed by atoms with E-state index in [-0.39, 0.29) is 5.28 Å². The third-order valence-electron chi connectivity index (χ3n) is 3.01. The third-order valence-corrected chi connectivity index (χ3v) is 3.18. The van der Waals surface area contributed by atoms with Gasteiger partial charge in [0.05, 0.1) is 0 Å². The molecule has 0 aromatic carbocycles. The molecule has 0 radical (unpaired) electrons. The van der Waals surface area contributed by atoms with Gasteiger partial charge in [0.25, 0.3) is 0 Å². The molecule has 18 heavy (non-hydrogen) atoms. The van der Waals surface area contributed by atoms with Crippen LogP contribution in [0.1, 0.15) is 18.7 Å². The molecule has 1 aliphatic rings. The lowest BCUT2D eigenvalue weighted by molar-refractivity contribution is 0.823. The predicted molar refractivity (Wildman–Crippen MR) is 68.1 cm³/mol. The van der Waals surface area contributed by atoms with Gasteiger partial charge in [-0.25, -0.2) is 4.98 Å². The number of anilines is 1. The first-order valence-electron chi connectivity index (χ1n) is 5.91. The fraction of sp³-hybridized carbons (Fsp3) is 0.455. The molecule has 0 saturated carbocycles. The molecule has 0 amide bonds. The Hall–Kier alpha value is -1.69. The molecular weight excluding hydrogens is 252 g/mol. The Morgan fingerprint density at radius 3 is 2.50 bits per heavy atom. The summed E-state index contributed by atoms with van der Waals surface area (Å²) in [6.45, 7) is 3.85. The van der Waals surface area contributed by atoms with Crippen LogP contribution in [0.15, 0.2) is 12.4 Å². The molecule has 0 unspecified atom stereocenters. The lowest BCUT2D eigenvalue weighted by Gasteiger charge is -2.15. The van der Waals surface area contributed by atoms with Gasteiger partial charge in [0.1, 0.15) is 5.82 Å². The van der Waals surface area contributed by atoms with Crippen molar-refractivity contribution in [3.8, 4) is 5.95 Å². The summed E-state index contributed by atoms with van der Waals surface area (Å²) in [5.74, 6) is 1.99. The van der Waals surface area contributed by atoms with Crippen molar-refractivity contribution >= 4 is 17.5 Å². The number of halogens is 1. The topological polar surface area (TPSA) is 59.7 Å². The van der Waals surface area contributed by atoms with E-state index >= 15 is 0 Å². The van der Waals surface area contributed by atoms with Gasteiger partial charge >= 0.3 is 0 Å². The van der Waals surface area contributed by atoms with Crippen LogP contribution in [-0.4, -0.2) is 37.6 Å². The molecule has 7 heteroatoms. The van der Waals surface area contributed by atoms with Gasteiger partial charge in [-0.1, -0.05) is 0 Å². The summed E-state index contributed by atoms with van der Waals surface area (Å²) >= 11 is 5.98. The second-order valence-corrected chi connectivity index (χ2v) is 4.58. The van der Waals surface area contributed by atoms with Crippen LogP contribution in [0.4, 0.5) is 5.95 Å². The van der Waals surface area contributed by atoms with Crippen LogP contribution in [0.2, 0.25) is 5.28 Å². The van der Waals surface area contributed by atoms with Crippen LogP contribution < -0.4 is 4.90 Å². The molecule has 1 fully saturated rings. The summed E-state index contributed by atoms with van der Waals surface area (Å²) < 4.78 is 1.80. The normalized spacial score (nSPS) is 15.3. The van der Waals surface area contributed by atoms with E-state index in [0.717, 1.165) is 18.9 Å². The smallest absolute Gasteiger partial charge is 0.241 e. The van der Waals surface area contributed by atoms with E-state index in [1.807, 2.05) is 13.1 Å². The maximum absolute atomic E-state index is 5.98. The largest absolute Gasteiger partial charge is 0.341 e. The highest BCUT2D eigenvalue weighted by molar-refractivity contribution is 6.28. The van der Waals surface area contributed by atoms with Crippen molar-refractivity contribution in [2.24, 2.45) is 0 Å². The second kappa shape index (κ2) is 4.53. The van der Waals surface area contributed by atoms with Gasteiger partial charge in [-0.3, -0.25) is 4.57 Å². The Morgan fingerprint density at radius 1 is 1.11 bits per heavy atom. The zero-order valence-electron chi connectivity index (χ0n) is 10.0. The van der Waals surface area contributed by atoms with Crippen LogP contribution >= 0.6 is 11.6 Å². The van der Waals surface area contributed by atoms with Crippen molar-refractivity contribution in [1.82, 2.24) is 24.5 Å². The Balaban J connectivity index is 2.03. The maximum atomic E-state index is 5.98. The van der Waals surface area contributed by atoms with Crippen molar-refractivity contribution in [3.05, 3.63) is 23.5 Å². The molecule has 94 valence electrons. The highest BCUT2D eigenvalue weighted by Crippen LogP contribution is 2.18. The summed E-state index contributed by atoms with van der Waals surface area (Å²) in [4.78, 5) is 19.1. The Kier molecular flexibility index (Phi) is 2.87. The van der Waals surface area contributed by atoms with Gasteiger partial charge in [0.2, 0.25) is 17.2 Å². The standard InChI is InChI=1S/C11H13ClN6/c1-8-13-4-7-18(8)11-15-9(12)14-10(16-11)17-5-2-3-6-17/h4,7H,2-3,5-6H2,1H3. The SMILES string of the molecule is Cc1nccn1-c1nc(Cl)nc(N2CCCC2)n1. The Labute approximate surface area is 110 Å². The number of hydrogen-bond acceptors (Lipinski definition) is 5. The first-order valence-corrected chi connectivity index (χ1v) is 6.29. The molecule has 0 N–H and O–H groups in total. The second-order valence-electron chi connectivity index (χ2n) is 4.24. The molecular formula is C11H13ClN6. The van der Waals surface area contributed by atoms with Crippen LogP contribution in [0, 0.1) is 6.92 Å². The van der Waals surface area contributed by atoms with E-state index in [4.69, 9.17) is 11.6 Å². The summed E-state index contributed by atoms with van der Waals surface area (Å²) in [5, 5.41) is 0.218. The first kappa shape index (κ1) is 11.4. The number of rotatable bonds is 2. The van der Waals surface area contributed by atoms with Crippen LogP contribution in [-0.2, 0) is 0 Å². The van der Waals surface area contributed by atoms with E-state index in [1.54, 1.807) is 10.8 Å². The molecule has 6 nitrogen and oxygen atoms in total. The average molecular weight is 265 g/mol. The first-order chi connectivity index (χ1) is 8.74. The van der Waals surface area contributed by atoms with Crippen molar-refractivity contribution in [2.45, 2.75) is 19.8 Å². The van der Waals surface area contributed by atoms with Crippen LogP contribution in [0.25, 0.3) is 5.95 Å².